The van der Waals surface area contributed by atoms with E-state index in [-0.39, 0.29) is 46.8 Å². The molecule has 1 fully saturated rings. The van der Waals surface area contributed by atoms with Crippen molar-refractivity contribution in [3.8, 4) is 5.75 Å². The maximum Gasteiger partial charge on any atom is 0.283 e. The molecule has 10 nitrogen and oxygen atoms in total. The molecule has 0 radical (unpaired) electrons. The lowest BCUT2D eigenvalue weighted by Gasteiger charge is -2.26. The van der Waals surface area contributed by atoms with Gasteiger partial charge in [0.05, 0.1) is 39.7 Å². The Hall–Kier alpha value is -2.67. The lowest BCUT2D eigenvalue weighted by molar-refractivity contribution is -0.387. The number of nitro benzene ring substituents is 1. The van der Waals surface area contributed by atoms with Crippen molar-refractivity contribution < 1.29 is 27.6 Å². The van der Waals surface area contributed by atoms with Gasteiger partial charge in [0, 0.05) is 24.7 Å². The number of nitrogens with zero attached hydrogens (tertiary/aromatic N) is 2. The van der Waals surface area contributed by atoms with Crippen LogP contribution in [0, 0.1) is 10.1 Å². The molecule has 1 saturated heterocycles. The number of carbonyl (C=O) groups excluding carboxylic acids is 1. The first-order chi connectivity index (χ1) is 15.6. The first-order valence-corrected chi connectivity index (χ1v) is 12.8. The third-order valence-corrected chi connectivity index (χ3v) is 7.49. The van der Waals surface area contributed by atoms with Gasteiger partial charge in [0.2, 0.25) is 10.0 Å². The lowest BCUT2D eigenvalue weighted by Crippen LogP contribution is -2.40. The molecule has 1 aliphatic rings. The topological polar surface area (TPSA) is 128 Å². The van der Waals surface area contributed by atoms with E-state index in [2.05, 4.69) is 5.32 Å². The molecule has 3 rings (SSSR count). The molecule has 1 heterocycles. The van der Waals surface area contributed by atoms with Crippen molar-refractivity contribution in [3.05, 3.63) is 52.1 Å². The van der Waals surface area contributed by atoms with E-state index in [0.29, 0.717) is 18.1 Å². The lowest BCUT2D eigenvalue weighted by atomic mass is 10.1. The Morgan fingerprint density at radius 3 is 2.52 bits per heavy atom. The standard InChI is InChI=1S/C21H25N3O7S2/c1-14(2)31-19-6-5-16(33(28,29)23-8-10-30-11-9-23)13-17(19)22-21(25)15-4-7-20(32-3)18(12-15)24(26)27/h4-7,12-14H,8-11H2,1-3H3,(H,22,25). The molecule has 178 valence electrons. The summed E-state index contributed by atoms with van der Waals surface area (Å²) in [4.78, 5) is 24.2. The summed E-state index contributed by atoms with van der Waals surface area (Å²) in [6, 6.07) is 8.43. The molecule has 1 amide bonds. The number of thioether (sulfide) groups is 1. The number of nitrogens with one attached hydrogen (secondary N) is 1. The van der Waals surface area contributed by atoms with Crippen LogP contribution in [-0.2, 0) is 14.8 Å². The molecule has 2 aromatic rings. The number of morpholine rings is 1. The minimum Gasteiger partial charge on any atom is -0.489 e. The summed E-state index contributed by atoms with van der Waals surface area (Å²) in [6.45, 7) is 4.69. The van der Waals surface area contributed by atoms with E-state index in [4.69, 9.17) is 9.47 Å². The van der Waals surface area contributed by atoms with E-state index in [1.165, 1.54) is 52.5 Å². The second-order valence-electron chi connectivity index (χ2n) is 7.44. The summed E-state index contributed by atoms with van der Waals surface area (Å²) in [5, 5.41) is 14.0. The van der Waals surface area contributed by atoms with Crippen LogP contribution in [-0.4, -0.2) is 62.2 Å². The number of sulfonamides is 1. The number of ether oxygens (including phenoxy) is 2. The van der Waals surface area contributed by atoms with Gasteiger partial charge in [-0.15, -0.1) is 11.8 Å². The molecule has 0 bridgehead atoms. The predicted octanol–water partition coefficient (Wildman–Crippen LogP) is 3.38. The summed E-state index contributed by atoms with van der Waals surface area (Å²) in [5.74, 6) is -0.338. The van der Waals surface area contributed by atoms with Crippen molar-refractivity contribution in [3.63, 3.8) is 0 Å². The molecular formula is C21H25N3O7S2. The van der Waals surface area contributed by atoms with Gasteiger partial charge in [0.25, 0.3) is 11.6 Å². The van der Waals surface area contributed by atoms with Crippen LogP contribution in [0.1, 0.15) is 24.2 Å². The average Bonchev–Trinajstić information content (AvgIpc) is 2.79. The molecule has 0 aliphatic carbocycles. The monoisotopic (exact) mass is 495 g/mol. The van der Waals surface area contributed by atoms with Gasteiger partial charge in [-0.1, -0.05) is 0 Å². The second kappa shape index (κ2) is 10.5. The fourth-order valence-corrected chi connectivity index (χ4v) is 5.21. The third-order valence-electron chi connectivity index (χ3n) is 4.81. The molecular weight excluding hydrogens is 470 g/mol. The largest absolute Gasteiger partial charge is 0.489 e. The van der Waals surface area contributed by atoms with E-state index < -0.39 is 20.9 Å². The first kappa shape index (κ1) is 25.0. The highest BCUT2D eigenvalue weighted by atomic mass is 32.2. The van der Waals surface area contributed by atoms with Gasteiger partial charge >= 0.3 is 0 Å². The van der Waals surface area contributed by atoms with Gasteiger partial charge in [-0.05, 0) is 50.4 Å². The quantitative estimate of drug-likeness (QED) is 0.335. The Balaban J connectivity index is 1.96. The number of hydrogen-bond acceptors (Lipinski definition) is 8. The summed E-state index contributed by atoms with van der Waals surface area (Å²) < 4.78 is 38.4. The summed E-state index contributed by atoms with van der Waals surface area (Å²) >= 11 is 1.20. The Kier molecular flexibility index (Phi) is 7.95. The number of anilines is 1. The van der Waals surface area contributed by atoms with Crippen LogP contribution < -0.4 is 10.1 Å². The zero-order chi connectivity index (χ0) is 24.2. The Morgan fingerprint density at radius 1 is 1.21 bits per heavy atom. The Labute approximate surface area is 196 Å². The van der Waals surface area contributed by atoms with Crippen LogP contribution in [0.25, 0.3) is 0 Å². The van der Waals surface area contributed by atoms with Gasteiger partial charge in [0.1, 0.15) is 5.75 Å². The van der Waals surface area contributed by atoms with E-state index in [1.54, 1.807) is 20.1 Å². The Bertz CT molecular complexity index is 1150. The maximum atomic E-state index is 13.1. The number of hydrogen-bond donors (Lipinski definition) is 1. The van der Waals surface area contributed by atoms with Gasteiger partial charge in [-0.3, -0.25) is 14.9 Å². The molecule has 0 aromatic heterocycles. The Morgan fingerprint density at radius 2 is 1.91 bits per heavy atom. The molecule has 1 aliphatic heterocycles. The van der Waals surface area contributed by atoms with Crippen LogP contribution in [0.5, 0.6) is 5.75 Å². The molecule has 0 spiro atoms. The molecule has 0 atom stereocenters. The number of rotatable bonds is 8. The zero-order valence-electron chi connectivity index (χ0n) is 18.4. The van der Waals surface area contributed by atoms with Gasteiger partial charge in [-0.25, -0.2) is 8.42 Å². The fourth-order valence-electron chi connectivity index (χ4n) is 3.23. The van der Waals surface area contributed by atoms with Crippen molar-refractivity contribution in [2.24, 2.45) is 0 Å². The smallest absolute Gasteiger partial charge is 0.283 e. The van der Waals surface area contributed by atoms with E-state index in [1.807, 2.05) is 0 Å². The molecule has 0 saturated carbocycles. The van der Waals surface area contributed by atoms with Crippen LogP contribution in [0.15, 0.2) is 46.2 Å². The van der Waals surface area contributed by atoms with Gasteiger partial charge < -0.3 is 14.8 Å². The normalized spacial score (nSPS) is 14.8. The molecule has 2 aromatic carbocycles. The predicted molar refractivity (Wildman–Crippen MR) is 125 cm³/mol. The van der Waals surface area contributed by atoms with Crippen molar-refractivity contribution in [2.75, 3.05) is 37.9 Å². The van der Waals surface area contributed by atoms with Crippen molar-refractivity contribution in [1.82, 2.24) is 4.31 Å². The van der Waals surface area contributed by atoms with Crippen LogP contribution >= 0.6 is 11.8 Å². The first-order valence-electron chi connectivity index (χ1n) is 10.2. The van der Waals surface area contributed by atoms with Crippen LogP contribution in [0.3, 0.4) is 0 Å². The average molecular weight is 496 g/mol. The minimum absolute atomic E-state index is 0.000447. The highest BCUT2D eigenvalue weighted by Crippen LogP contribution is 2.32. The summed E-state index contributed by atoms with van der Waals surface area (Å²) in [7, 11) is -3.80. The number of amides is 1. The number of nitro groups is 1. The van der Waals surface area contributed by atoms with Crippen LogP contribution in [0.2, 0.25) is 0 Å². The third kappa shape index (κ3) is 5.82. The molecule has 1 N–H and O–H groups in total. The van der Waals surface area contributed by atoms with E-state index in [9.17, 15) is 23.3 Å². The second-order valence-corrected chi connectivity index (χ2v) is 10.2. The van der Waals surface area contributed by atoms with Crippen LogP contribution in [0.4, 0.5) is 11.4 Å². The molecule has 33 heavy (non-hydrogen) atoms. The summed E-state index contributed by atoms with van der Waals surface area (Å²) in [5.41, 5.74) is 0.0357. The van der Waals surface area contributed by atoms with E-state index in [0.717, 1.165) is 0 Å². The van der Waals surface area contributed by atoms with Crippen molar-refractivity contribution in [1.29, 1.82) is 0 Å². The number of carbonyl (C=O) groups is 1. The minimum atomic E-state index is -3.80. The maximum absolute atomic E-state index is 13.1. The SMILES string of the molecule is CSc1ccc(C(=O)Nc2cc(S(=O)(=O)N3CCOCC3)ccc2OC(C)C)cc1[N+](=O)[O-]. The van der Waals surface area contributed by atoms with E-state index >= 15 is 0 Å². The zero-order valence-corrected chi connectivity index (χ0v) is 20.1. The summed E-state index contributed by atoms with van der Waals surface area (Å²) in [6.07, 6.45) is 1.47. The van der Waals surface area contributed by atoms with Gasteiger partial charge in [-0.2, -0.15) is 4.31 Å². The van der Waals surface area contributed by atoms with Crippen molar-refractivity contribution in [2.45, 2.75) is 29.7 Å². The number of benzene rings is 2. The fraction of sp³-hybridized carbons (Fsp3) is 0.381. The van der Waals surface area contributed by atoms with Crippen molar-refractivity contribution >= 4 is 39.1 Å². The highest BCUT2D eigenvalue weighted by Gasteiger charge is 2.28. The molecule has 12 heteroatoms. The highest BCUT2D eigenvalue weighted by molar-refractivity contribution is 7.98. The van der Waals surface area contributed by atoms with Gasteiger partial charge in [0.15, 0.2) is 0 Å². The molecule has 0 unspecified atom stereocenters.